The fourth-order valence-corrected chi connectivity index (χ4v) is 10.7. The minimum atomic E-state index is -0.424. The second kappa shape index (κ2) is 13.8. The quantitative estimate of drug-likeness (QED) is 0.163. The van der Waals surface area contributed by atoms with E-state index >= 15 is 0 Å². The van der Waals surface area contributed by atoms with Crippen molar-refractivity contribution in [2.24, 2.45) is 0 Å². The molecule has 0 fully saturated rings. The first-order valence-corrected chi connectivity index (χ1v) is 21.4. The molecule has 13 rings (SSSR count). The SMILES string of the molecule is [2H]c1c([2H])c([2H])c(-c2cccc3c2sc2c(-c4nc(-c5ccccc5)nc(-c5cccc6c7ccccc7c7ccccc7c56)n4)cc(-n4c5ccccc5c5ccccc54)cc23)c([2H])c1[2H]. The molecule has 0 saturated carbocycles. The van der Waals surface area contributed by atoms with Gasteiger partial charge in [-0.25, -0.2) is 15.0 Å². The van der Waals surface area contributed by atoms with Gasteiger partial charge in [0.1, 0.15) is 0 Å². The average Bonchev–Trinajstić information content (AvgIpc) is 3.93. The van der Waals surface area contributed by atoms with Gasteiger partial charge in [-0.1, -0.05) is 182 Å². The summed E-state index contributed by atoms with van der Waals surface area (Å²) in [5.41, 5.74) is 6.23. The third-order valence-electron chi connectivity index (χ3n) is 12.1. The highest BCUT2D eigenvalue weighted by atomic mass is 32.1. The van der Waals surface area contributed by atoms with Gasteiger partial charge in [-0.3, -0.25) is 0 Å². The lowest BCUT2D eigenvalue weighted by Crippen LogP contribution is -2.02. The van der Waals surface area contributed by atoms with Gasteiger partial charge in [-0.15, -0.1) is 11.3 Å². The van der Waals surface area contributed by atoms with Crippen molar-refractivity contribution >= 4 is 85.6 Å². The van der Waals surface area contributed by atoms with Gasteiger partial charge in [0.15, 0.2) is 17.5 Å². The van der Waals surface area contributed by atoms with Crippen LogP contribution in [0.5, 0.6) is 0 Å². The van der Waals surface area contributed by atoms with Gasteiger partial charge in [-0.05, 0) is 62.3 Å². The van der Waals surface area contributed by atoms with E-state index in [0.717, 1.165) is 91.3 Å². The summed E-state index contributed by atoms with van der Waals surface area (Å²) < 4.78 is 47.5. The molecule has 0 unspecified atom stereocenters. The van der Waals surface area contributed by atoms with E-state index in [1.54, 1.807) is 0 Å². The maximum absolute atomic E-state index is 9.01. The van der Waals surface area contributed by atoms with Crippen LogP contribution in [0.1, 0.15) is 6.85 Å². The van der Waals surface area contributed by atoms with Crippen LogP contribution in [-0.4, -0.2) is 19.5 Å². The summed E-state index contributed by atoms with van der Waals surface area (Å²) in [5, 5.41) is 10.8. The topological polar surface area (TPSA) is 43.6 Å². The second-order valence-corrected chi connectivity index (χ2v) is 16.5. The summed E-state index contributed by atoms with van der Waals surface area (Å²) in [6.45, 7) is 0. The first-order chi connectivity index (χ1) is 32.8. The van der Waals surface area contributed by atoms with Crippen LogP contribution in [0.2, 0.25) is 0 Å². The van der Waals surface area contributed by atoms with Crippen molar-refractivity contribution in [1.82, 2.24) is 19.5 Å². The van der Waals surface area contributed by atoms with Crippen LogP contribution in [0.3, 0.4) is 0 Å². The van der Waals surface area contributed by atoms with Crippen molar-refractivity contribution in [1.29, 1.82) is 0 Å². The predicted molar refractivity (Wildman–Crippen MR) is 261 cm³/mol. The van der Waals surface area contributed by atoms with E-state index in [2.05, 4.69) is 132 Å². The number of hydrogen-bond acceptors (Lipinski definition) is 4. The smallest absolute Gasteiger partial charge is 0.165 e. The molecule has 0 atom stereocenters. The molecule has 0 N–H and O–H groups in total. The zero-order chi connectivity index (χ0) is 45.1. The van der Waals surface area contributed by atoms with Crippen molar-refractivity contribution in [3.8, 4) is 51.0 Å². The van der Waals surface area contributed by atoms with Gasteiger partial charge in [0, 0.05) is 58.7 Å². The van der Waals surface area contributed by atoms with E-state index in [1.165, 1.54) is 16.7 Å². The Hall–Kier alpha value is -7.99. The first kappa shape index (κ1) is 30.1. The number of para-hydroxylation sites is 2. The number of fused-ring (bicyclic) bond motifs is 12. The second-order valence-electron chi connectivity index (χ2n) is 15.5. The largest absolute Gasteiger partial charge is 0.309 e. The summed E-state index contributed by atoms with van der Waals surface area (Å²) >= 11 is 1.51. The van der Waals surface area contributed by atoms with Crippen LogP contribution in [0.25, 0.3) is 125 Å². The lowest BCUT2D eigenvalue weighted by molar-refractivity contribution is 1.08. The third-order valence-corrected chi connectivity index (χ3v) is 13.4. The van der Waals surface area contributed by atoms with E-state index < -0.39 is 6.04 Å². The number of nitrogens with zero attached hydrogens (tertiary/aromatic N) is 4. The highest BCUT2D eigenvalue weighted by Crippen LogP contribution is 2.46. The molecule has 288 valence electrons. The molecule has 0 bridgehead atoms. The van der Waals surface area contributed by atoms with Crippen LogP contribution in [0, 0.1) is 0 Å². The maximum atomic E-state index is 9.01. The van der Waals surface area contributed by atoms with Crippen molar-refractivity contribution in [3.63, 3.8) is 0 Å². The van der Waals surface area contributed by atoms with Crippen LogP contribution in [0.15, 0.2) is 206 Å². The molecular formula is C57H34N4S. The molecule has 0 aliphatic carbocycles. The van der Waals surface area contributed by atoms with E-state index in [4.69, 9.17) is 21.8 Å². The Morgan fingerprint density at radius 3 is 1.55 bits per heavy atom. The minimum absolute atomic E-state index is 0.164. The molecule has 0 saturated heterocycles. The summed E-state index contributed by atoms with van der Waals surface area (Å²) in [4.78, 5) is 16.1. The molecule has 0 aliphatic rings. The molecule has 3 heterocycles. The van der Waals surface area contributed by atoms with Gasteiger partial charge in [0.2, 0.25) is 0 Å². The molecule has 0 spiro atoms. The predicted octanol–water partition coefficient (Wildman–Crippen LogP) is 15.5. The fourth-order valence-electron chi connectivity index (χ4n) is 9.44. The molecule has 0 aliphatic heterocycles. The summed E-state index contributed by atoms with van der Waals surface area (Å²) in [7, 11) is 0. The number of benzene rings is 10. The maximum Gasteiger partial charge on any atom is 0.165 e. The Morgan fingerprint density at radius 2 is 0.871 bits per heavy atom. The molecule has 62 heavy (non-hydrogen) atoms. The van der Waals surface area contributed by atoms with E-state index in [1.807, 2.05) is 48.5 Å². The number of rotatable bonds is 5. The van der Waals surface area contributed by atoms with Crippen LogP contribution in [-0.2, 0) is 0 Å². The highest BCUT2D eigenvalue weighted by molar-refractivity contribution is 7.26. The molecule has 13 aromatic rings. The van der Waals surface area contributed by atoms with Crippen molar-refractivity contribution in [3.05, 3.63) is 206 Å². The first-order valence-electron chi connectivity index (χ1n) is 23.0. The van der Waals surface area contributed by atoms with Crippen molar-refractivity contribution in [2.45, 2.75) is 0 Å². The van der Waals surface area contributed by atoms with E-state index in [9.17, 15) is 0 Å². The number of hydrogen-bond donors (Lipinski definition) is 0. The van der Waals surface area contributed by atoms with Crippen LogP contribution in [0.4, 0.5) is 0 Å². The minimum Gasteiger partial charge on any atom is -0.309 e. The number of aromatic nitrogens is 4. The summed E-state index contributed by atoms with van der Waals surface area (Å²) in [6, 6.07) is 58.8. The van der Waals surface area contributed by atoms with Gasteiger partial charge in [0.25, 0.3) is 0 Å². The third kappa shape index (κ3) is 5.29. The monoisotopic (exact) mass is 811 g/mol. The van der Waals surface area contributed by atoms with Gasteiger partial charge < -0.3 is 4.57 Å². The Balaban J connectivity index is 1.17. The van der Waals surface area contributed by atoms with E-state index in [-0.39, 0.29) is 29.7 Å². The number of thiophene rings is 1. The Morgan fingerprint density at radius 1 is 0.371 bits per heavy atom. The molecule has 10 aromatic carbocycles. The lowest BCUT2D eigenvalue weighted by atomic mass is 9.91. The van der Waals surface area contributed by atoms with Crippen molar-refractivity contribution < 1.29 is 6.85 Å². The molecule has 5 heteroatoms. The van der Waals surface area contributed by atoms with Gasteiger partial charge in [0.05, 0.1) is 17.9 Å². The zero-order valence-corrected chi connectivity index (χ0v) is 33.8. The molecule has 4 nitrogen and oxygen atoms in total. The Kier molecular flexibility index (Phi) is 6.69. The van der Waals surface area contributed by atoms with Gasteiger partial charge in [-0.2, -0.15) is 0 Å². The van der Waals surface area contributed by atoms with Crippen molar-refractivity contribution in [2.75, 3.05) is 0 Å². The molecule has 3 aromatic heterocycles. The fraction of sp³-hybridized carbons (Fsp3) is 0. The Labute approximate surface area is 367 Å². The molecule has 0 amide bonds. The Bertz CT molecular complexity index is 4110. The normalized spacial score (nSPS) is 13.0. The van der Waals surface area contributed by atoms with Crippen LogP contribution >= 0.6 is 11.3 Å². The lowest BCUT2D eigenvalue weighted by Gasteiger charge is -2.15. The molecular weight excluding hydrogens is 773 g/mol. The van der Waals surface area contributed by atoms with Gasteiger partial charge >= 0.3 is 0 Å². The average molecular weight is 812 g/mol. The molecule has 0 radical (unpaired) electrons. The van der Waals surface area contributed by atoms with Crippen LogP contribution < -0.4 is 0 Å². The summed E-state index contributed by atoms with van der Waals surface area (Å²) in [6.07, 6.45) is 0. The zero-order valence-electron chi connectivity index (χ0n) is 37.9. The van der Waals surface area contributed by atoms with E-state index in [0.29, 0.717) is 23.0 Å². The summed E-state index contributed by atoms with van der Waals surface area (Å²) in [5.74, 6) is 1.54. The standard InChI is InChI=1S/C57H34N4S/c1-3-17-35(18-4-1)38-27-15-29-46-48-33-37(61-50-31-13-11-24-42(50)43-25-12-14-32-51(43)61)34-49(54(48)62-53(38)46)57-59-55(36-19-5-2-6-20-36)58-56(60-57)47-30-16-28-45-41-22-8-7-21-39(41)40-23-9-10-26-44(40)52(45)47/h1-34H/i1D,3D,4D,17D,18D. The highest BCUT2D eigenvalue weighted by Gasteiger charge is 2.23.